The zero-order valence-corrected chi connectivity index (χ0v) is 8.25. The van der Waals surface area contributed by atoms with E-state index in [1.54, 1.807) is 6.20 Å². The van der Waals surface area contributed by atoms with Crippen LogP contribution in [-0.2, 0) is 0 Å². The van der Waals surface area contributed by atoms with Gasteiger partial charge in [-0.3, -0.25) is 4.79 Å². The number of hydrogen-bond acceptors (Lipinski definition) is 1. The molecule has 0 aliphatic carbocycles. The second-order valence-electron chi connectivity index (χ2n) is 2.78. The van der Waals surface area contributed by atoms with Crippen molar-refractivity contribution >= 4 is 12.4 Å². The van der Waals surface area contributed by atoms with E-state index in [2.05, 4.69) is 4.98 Å². The van der Waals surface area contributed by atoms with Gasteiger partial charge in [0.25, 0.3) is 5.56 Å². The molecule has 2 rings (SSSR count). The van der Waals surface area contributed by atoms with Crippen LogP contribution in [0.5, 0.6) is 0 Å². The van der Waals surface area contributed by atoms with Crippen molar-refractivity contribution in [2.75, 3.05) is 0 Å². The second-order valence-corrected chi connectivity index (χ2v) is 2.78. The molecule has 72 valence electrons. The zero-order chi connectivity index (χ0) is 9.10. The Bertz CT molecular complexity index is 450. The van der Waals surface area contributed by atoms with Crippen LogP contribution < -0.4 is 5.56 Å². The fourth-order valence-corrected chi connectivity index (χ4v) is 1.27. The molecule has 1 heterocycles. The summed E-state index contributed by atoms with van der Waals surface area (Å²) in [6.07, 6.45) is 1.63. The van der Waals surface area contributed by atoms with Gasteiger partial charge in [-0.05, 0) is 17.7 Å². The zero-order valence-electron chi connectivity index (χ0n) is 7.44. The highest BCUT2D eigenvalue weighted by atomic mass is 35.5. The van der Waals surface area contributed by atoms with Gasteiger partial charge >= 0.3 is 0 Å². The summed E-state index contributed by atoms with van der Waals surface area (Å²) >= 11 is 0. The first-order valence-electron chi connectivity index (χ1n) is 4.11. The molecule has 0 radical (unpaired) electrons. The minimum atomic E-state index is -0.0475. The summed E-state index contributed by atoms with van der Waals surface area (Å²) in [5, 5.41) is 0. The van der Waals surface area contributed by atoms with Crippen molar-refractivity contribution in [1.29, 1.82) is 0 Å². The van der Waals surface area contributed by atoms with Gasteiger partial charge in [0.2, 0.25) is 0 Å². The molecular formula is C11H10ClNO. The summed E-state index contributed by atoms with van der Waals surface area (Å²) in [7, 11) is 0. The van der Waals surface area contributed by atoms with Crippen LogP contribution in [0.15, 0.2) is 53.5 Å². The van der Waals surface area contributed by atoms with Gasteiger partial charge in [0.05, 0.1) is 0 Å². The quantitative estimate of drug-likeness (QED) is 0.766. The lowest BCUT2D eigenvalue weighted by Gasteiger charge is -1.97. The third-order valence-corrected chi connectivity index (χ3v) is 1.90. The van der Waals surface area contributed by atoms with E-state index < -0.39 is 0 Å². The van der Waals surface area contributed by atoms with Crippen LogP contribution >= 0.6 is 12.4 Å². The number of aromatic nitrogens is 1. The first-order chi connectivity index (χ1) is 6.38. The Labute approximate surface area is 88.0 Å². The molecular weight excluding hydrogens is 198 g/mol. The molecule has 0 aliphatic heterocycles. The summed E-state index contributed by atoms with van der Waals surface area (Å²) in [4.78, 5) is 14.0. The minimum absolute atomic E-state index is 0. The number of aromatic amines is 1. The van der Waals surface area contributed by atoms with Crippen molar-refractivity contribution in [1.82, 2.24) is 4.98 Å². The van der Waals surface area contributed by atoms with Crippen molar-refractivity contribution in [3.8, 4) is 11.1 Å². The molecule has 0 atom stereocenters. The molecule has 0 spiro atoms. The number of hydrogen-bond donors (Lipinski definition) is 1. The third kappa shape index (κ3) is 2.03. The first kappa shape index (κ1) is 10.5. The average Bonchev–Trinajstić information content (AvgIpc) is 2.20. The van der Waals surface area contributed by atoms with Gasteiger partial charge in [-0.1, -0.05) is 30.3 Å². The summed E-state index contributed by atoms with van der Waals surface area (Å²) < 4.78 is 0. The summed E-state index contributed by atoms with van der Waals surface area (Å²) in [5.41, 5.74) is 1.61. The second kappa shape index (κ2) is 4.63. The van der Waals surface area contributed by atoms with Crippen LogP contribution in [0.25, 0.3) is 11.1 Å². The Morgan fingerprint density at radius 2 is 1.64 bits per heavy atom. The van der Waals surface area contributed by atoms with Gasteiger partial charge in [-0.25, -0.2) is 0 Å². The van der Waals surface area contributed by atoms with E-state index in [0.717, 1.165) is 5.56 Å². The lowest BCUT2D eigenvalue weighted by molar-refractivity contribution is 1.24. The predicted molar refractivity (Wildman–Crippen MR) is 59.7 cm³/mol. The monoisotopic (exact) mass is 207 g/mol. The summed E-state index contributed by atoms with van der Waals surface area (Å²) in [6.45, 7) is 0. The Morgan fingerprint density at radius 1 is 0.929 bits per heavy atom. The Hall–Kier alpha value is -1.54. The molecule has 1 N–H and O–H groups in total. The molecule has 14 heavy (non-hydrogen) atoms. The lowest BCUT2D eigenvalue weighted by Crippen LogP contribution is -2.06. The number of pyridine rings is 1. The van der Waals surface area contributed by atoms with Crippen molar-refractivity contribution in [2.45, 2.75) is 0 Å². The van der Waals surface area contributed by atoms with Crippen molar-refractivity contribution in [2.24, 2.45) is 0 Å². The maximum atomic E-state index is 11.4. The molecule has 0 saturated carbocycles. The number of benzene rings is 1. The normalized spacial score (nSPS) is 9.14. The van der Waals surface area contributed by atoms with E-state index in [0.29, 0.717) is 5.56 Å². The Kier molecular flexibility index (Phi) is 3.48. The van der Waals surface area contributed by atoms with Gasteiger partial charge < -0.3 is 4.98 Å². The number of halogens is 1. The molecule has 0 aliphatic rings. The van der Waals surface area contributed by atoms with E-state index in [1.807, 2.05) is 42.5 Å². The highest BCUT2D eigenvalue weighted by Gasteiger charge is 1.98. The molecule has 1 aromatic heterocycles. The summed E-state index contributed by atoms with van der Waals surface area (Å²) in [5.74, 6) is 0. The molecule has 0 bridgehead atoms. The van der Waals surface area contributed by atoms with Crippen LogP contribution in [0.2, 0.25) is 0 Å². The molecule has 0 fully saturated rings. The van der Waals surface area contributed by atoms with Crippen LogP contribution in [0.4, 0.5) is 0 Å². The maximum absolute atomic E-state index is 11.4. The highest BCUT2D eigenvalue weighted by Crippen LogP contribution is 2.12. The molecule has 1 aromatic carbocycles. The van der Waals surface area contributed by atoms with Crippen molar-refractivity contribution in [3.63, 3.8) is 0 Å². The number of nitrogens with one attached hydrogen (secondary N) is 1. The fourth-order valence-electron chi connectivity index (χ4n) is 1.27. The Morgan fingerprint density at radius 3 is 2.29 bits per heavy atom. The summed E-state index contributed by atoms with van der Waals surface area (Å²) in [6, 6.07) is 13.2. The van der Waals surface area contributed by atoms with Gasteiger partial charge in [-0.15, -0.1) is 12.4 Å². The maximum Gasteiger partial charge on any atom is 0.255 e. The van der Waals surface area contributed by atoms with Gasteiger partial charge in [0.1, 0.15) is 0 Å². The van der Waals surface area contributed by atoms with E-state index in [1.165, 1.54) is 0 Å². The number of rotatable bonds is 1. The van der Waals surface area contributed by atoms with Crippen molar-refractivity contribution < 1.29 is 0 Å². The average molecular weight is 208 g/mol. The molecule has 2 aromatic rings. The molecule has 0 saturated heterocycles. The SMILES string of the molecule is Cl.O=c1[nH]cccc1-c1ccccc1. The molecule has 0 unspecified atom stereocenters. The topological polar surface area (TPSA) is 32.9 Å². The van der Waals surface area contributed by atoms with E-state index in [-0.39, 0.29) is 18.0 Å². The smallest absolute Gasteiger partial charge is 0.255 e. The standard InChI is InChI=1S/C11H9NO.ClH/c13-11-10(7-4-8-12-11)9-5-2-1-3-6-9;/h1-8H,(H,12,13);1H. The van der Waals surface area contributed by atoms with E-state index >= 15 is 0 Å². The lowest BCUT2D eigenvalue weighted by atomic mass is 10.1. The minimum Gasteiger partial charge on any atom is -0.329 e. The number of H-pyrrole nitrogens is 1. The third-order valence-electron chi connectivity index (χ3n) is 1.90. The highest BCUT2D eigenvalue weighted by molar-refractivity contribution is 5.85. The molecule has 2 nitrogen and oxygen atoms in total. The molecule has 3 heteroatoms. The first-order valence-corrected chi connectivity index (χ1v) is 4.11. The van der Waals surface area contributed by atoms with Gasteiger partial charge in [0.15, 0.2) is 0 Å². The molecule has 0 amide bonds. The van der Waals surface area contributed by atoms with Crippen LogP contribution in [0.1, 0.15) is 0 Å². The largest absolute Gasteiger partial charge is 0.329 e. The van der Waals surface area contributed by atoms with Gasteiger partial charge in [0, 0.05) is 11.8 Å². The van der Waals surface area contributed by atoms with Crippen LogP contribution in [-0.4, -0.2) is 4.98 Å². The van der Waals surface area contributed by atoms with Crippen molar-refractivity contribution in [3.05, 3.63) is 59.0 Å². The van der Waals surface area contributed by atoms with Crippen LogP contribution in [0.3, 0.4) is 0 Å². The van der Waals surface area contributed by atoms with Crippen LogP contribution in [0, 0.1) is 0 Å². The fraction of sp³-hybridized carbons (Fsp3) is 0. The van der Waals surface area contributed by atoms with E-state index in [9.17, 15) is 4.79 Å². The Balaban J connectivity index is 0.000000980. The predicted octanol–water partition coefficient (Wildman–Crippen LogP) is 2.46. The van der Waals surface area contributed by atoms with E-state index in [4.69, 9.17) is 0 Å². The van der Waals surface area contributed by atoms with Gasteiger partial charge in [-0.2, -0.15) is 0 Å².